The number of halogens is 1. The smallest absolute Gasteiger partial charge is 0.232 e. The first kappa shape index (κ1) is 17.1. The second-order valence-electron chi connectivity index (χ2n) is 6.01. The lowest BCUT2D eigenvalue weighted by atomic mass is 9.89. The number of fused-ring (bicyclic) bond motifs is 1. The van der Waals surface area contributed by atoms with Crippen LogP contribution in [0.15, 0.2) is 42.5 Å². The lowest BCUT2D eigenvalue weighted by molar-refractivity contribution is -0.123. The maximum Gasteiger partial charge on any atom is 0.232 e. The van der Waals surface area contributed by atoms with Crippen LogP contribution in [0.2, 0.25) is 0 Å². The van der Waals surface area contributed by atoms with Crippen molar-refractivity contribution in [2.24, 2.45) is 0 Å². The highest BCUT2D eigenvalue weighted by molar-refractivity contribution is 6.05. The van der Waals surface area contributed by atoms with E-state index in [1.807, 2.05) is 31.2 Å². The first-order chi connectivity index (χ1) is 12.1. The standard InChI is InChI=1S/C19H20FN3O2/c1-2-21-11-12-4-3-5-14(8-12)22-19(25)16-10-18(24)23-17-9-13(20)6-7-15(16)17/h3-9,16,21H,2,10-11H2,1H3,(H,22,25)(H,23,24). The van der Waals surface area contributed by atoms with E-state index in [1.165, 1.54) is 12.1 Å². The topological polar surface area (TPSA) is 70.2 Å². The first-order valence-electron chi connectivity index (χ1n) is 8.26. The molecule has 3 rings (SSSR count). The van der Waals surface area contributed by atoms with Gasteiger partial charge in [0.2, 0.25) is 11.8 Å². The van der Waals surface area contributed by atoms with Crippen LogP contribution in [0.3, 0.4) is 0 Å². The number of carbonyl (C=O) groups excluding carboxylic acids is 2. The van der Waals surface area contributed by atoms with Crippen molar-refractivity contribution in [3.63, 3.8) is 0 Å². The number of benzene rings is 2. The molecule has 1 aliphatic rings. The number of amides is 2. The molecule has 6 heteroatoms. The third-order valence-corrected chi connectivity index (χ3v) is 4.14. The van der Waals surface area contributed by atoms with Gasteiger partial charge in [0.05, 0.1) is 5.92 Å². The van der Waals surface area contributed by atoms with Crippen molar-refractivity contribution in [1.82, 2.24) is 5.32 Å². The molecule has 1 aliphatic heterocycles. The van der Waals surface area contributed by atoms with Crippen LogP contribution in [-0.2, 0) is 16.1 Å². The molecule has 0 radical (unpaired) electrons. The van der Waals surface area contributed by atoms with Crippen molar-refractivity contribution in [1.29, 1.82) is 0 Å². The fourth-order valence-electron chi connectivity index (χ4n) is 2.93. The Balaban J connectivity index is 1.79. The van der Waals surface area contributed by atoms with Gasteiger partial charge in [0.25, 0.3) is 0 Å². The van der Waals surface area contributed by atoms with E-state index in [-0.39, 0.29) is 18.2 Å². The molecule has 2 aromatic rings. The van der Waals surface area contributed by atoms with Crippen LogP contribution >= 0.6 is 0 Å². The zero-order valence-electron chi connectivity index (χ0n) is 13.9. The number of hydrogen-bond acceptors (Lipinski definition) is 3. The largest absolute Gasteiger partial charge is 0.326 e. The summed E-state index contributed by atoms with van der Waals surface area (Å²) >= 11 is 0. The van der Waals surface area contributed by atoms with Crippen molar-refractivity contribution in [3.8, 4) is 0 Å². The molecule has 0 aliphatic carbocycles. The van der Waals surface area contributed by atoms with E-state index in [0.29, 0.717) is 23.5 Å². The fourth-order valence-corrected chi connectivity index (χ4v) is 2.93. The Bertz CT molecular complexity index is 807. The second kappa shape index (κ2) is 7.44. The van der Waals surface area contributed by atoms with Crippen LogP contribution in [-0.4, -0.2) is 18.4 Å². The SMILES string of the molecule is CCNCc1cccc(NC(=O)C2CC(=O)Nc3cc(F)ccc32)c1. The summed E-state index contributed by atoms with van der Waals surface area (Å²) in [6.45, 7) is 3.61. The molecule has 0 saturated heterocycles. The fraction of sp³-hybridized carbons (Fsp3) is 0.263. The van der Waals surface area contributed by atoms with Crippen molar-refractivity contribution in [2.75, 3.05) is 17.2 Å². The first-order valence-corrected chi connectivity index (χ1v) is 8.26. The minimum Gasteiger partial charge on any atom is -0.326 e. The molecule has 0 fully saturated rings. The maximum atomic E-state index is 13.4. The van der Waals surface area contributed by atoms with Crippen molar-refractivity contribution >= 4 is 23.2 Å². The summed E-state index contributed by atoms with van der Waals surface area (Å²) in [5.41, 5.74) is 2.72. The average Bonchev–Trinajstić information content (AvgIpc) is 2.59. The van der Waals surface area contributed by atoms with Crippen LogP contribution in [0.1, 0.15) is 30.4 Å². The van der Waals surface area contributed by atoms with Gasteiger partial charge in [0.1, 0.15) is 5.82 Å². The number of carbonyl (C=O) groups is 2. The third kappa shape index (κ3) is 4.03. The summed E-state index contributed by atoms with van der Waals surface area (Å²) in [5.74, 6) is -1.65. The predicted molar refractivity (Wildman–Crippen MR) is 94.8 cm³/mol. The van der Waals surface area contributed by atoms with Gasteiger partial charge in [-0.3, -0.25) is 9.59 Å². The summed E-state index contributed by atoms with van der Waals surface area (Å²) in [5, 5.41) is 8.71. The summed E-state index contributed by atoms with van der Waals surface area (Å²) in [6.07, 6.45) is 0.0432. The highest BCUT2D eigenvalue weighted by Crippen LogP contribution is 2.33. The lowest BCUT2D eigenvalue weighted by Gasteiger charge is -2.25. The Hall–Kier alpha value is -2.73. The third-order valence-electron chi connectivity index (χ3n) is 4.14. The minimum absolute atomic E-state index is 0.0432. The van der Waals surface area contributed by atoms with Gasteiger partial charge >= 0.3 is 0 Å². The molecule has 1 atom stereocenters. The molecule has 0 aromatic heterocycles. The molecule has 130 valence electrons. The number of hydrogen-bond donors (Lipinski definition) is 3. The Morgan fingerprint density at radius 3 is 2.92 bits per heavy atom. The Kier molecular flexibility index (Phi) is 5.09. The molecule has 25 heavy (non-hydrogen) atoms. The van der Waals surface area contributed by atoms with Gasteiger partial charge in [-0.25, -0.2) is 4.39 Å². The van der Waals surface area contributed by atoms with Gasteiger partial charge in [-0.15, -0.1) is 0 Å². The van der Waals surface area contributed by atoms with Gasteiger partial charge < -0.3 is 16.0 Å². The van der Waals surface area contributed by atoms with E-state index in [4.69, 9.17) is 0 Å². The van der Waals surface area contributed by atoms with Crippen LogP contribution < -0.4 is 16.0 Å². The van der Waals surface area contributed by atoms with Crippen molar-refractivity contribution < 1.29 is 14.0 Å². The normalized spacial score (nSPS) is 16.1. The summed E-state index contributed by atoms with van der Waals surface area (Å²) in [6, 6.07) is 11.6. The Labute approximate surface area is 145 Å². The number of anilines is 2. The van der Waals surface area contributed by atoms with Crippen molar-refractivity contribution in [2.45, 2.75) is 25.8 Å². The lowest BCUT2D eigenvalue weighted by Crippen LogP contribution is -2.30. The molecular formula is C19H20FN3O2. The molecule has 5 nitrogen and oxygen atoms in total. The Morgan fingerprint density at radius 1 is 1.28 bits per heavy atom. The molecule has 1 unspecified atom stereocenters. The molecule has 3 N–H and O–H groups in total. The van der Waals surface area contributed by atoms with Gasteiger partial charge in [0.15, 0.2) is 0 Å². The maximum absolute atomic E-state index is 13.4. The van der Waals surface area contributed by atoms with Crippen LogP contribution in [0, 0.1) is 5.82 Å². The predicted octanol–water partition coefficient (Wildman–Crippen LogP) is 3.00. The van der Waals surface area contributed by atoms with Crippen LogP contribution in [0.4, 0.5) is 15.8 Å². The molecule has 1 heterocycles. The molecular weight excluding hydrogens is 321 g/mol. The monoisotopic (exact) mass is 341 g/mol. The average molecular weight is 341 g/mol. The molecule has 0 bridgehead atoms. The zero-order valence-corrected chi connectivity index (χ0v) is 13.9. The quantitative estimate of drug-likeness (QED) is 0.783. The van der Waals surface area contributed by atoms with Gasteiger partial charge in [0, 0.05) is 24.3 Å². The molecule has 2 amide bonds. The highest BCUT2D eigenvalue weighted by Gasteiger charge is 2.31. The summed E-state index contributed by atoms with van der Waals surface area (Å²) < 4.78 is 13.4. The number of nitrogens with one attached hydrogen (secondary N) is 3. The zero-order chi connectivity index (χ0) is 17.8. The summed E-state index contributed by atoms with van der Waals surface area (Å²) in [4.78, 5) is 24.5. The van der Waals surface area contributed by atoms with Gasteiger partial charge in [-0.1, -0.05) is 25.1 Å². The molecule has 0 saturated carbocycles. The van der Waals surface area contributed by atoms with E-state index >= 15 is 0 Å². The van der Waals surface area contributed by atoms with Crippen LogP contribution in [0.5, 0.6) is 0 Å². The van der Waals surface area contributed by atoms with Gasteiger partial charge in [-0.2, -0.15) is 0 Å². The summed E-state index contributed by atoms with van der Waals surface area (Å²) in [7, 11) is 0. The highest BCUT2D eigenvalue weighted by atomic mass is 19.1. The van der Waals surface area contributed by atoms with E-state index in [2.05, 4.69) is 16.0 Å². The van der Waals surface area contributed by atoms with E-state index in [1.54, 1.807) is 6.07 Å². The van der Waals surface area contributed by atoms with Gasteiger partial charge in [-0.05, 0) is 41.9 Å². The van der Waals surface area contributed by atoms with E-state index in [0.717, 1.165) is 12.1 Å². The van der Waals surface area contributed by atoms with Crippen molar-refractivity contribution in [3.05, 3.63) is 59.4 Å². The second-order valence-corrected chi connectivity index (χ2v) is 6.01. The number of rotatable bonds is 5. The Morgan fingerprint density at radius 2 is 2.12 bits per heavy atom. The molecule has 2 aromatic carbocycles. The molecule has 0 spiro atoms. The van der Waals surface area contributed by atoms with E-state index < -0.39 is 11.7 Å². The van der Waals surface area contributed by atoms with Crippen LogP contribution in [0.25, 0.3) is 0 Å². The van der Waals surface area contributed by atoms with E-state index in [9.17, 15) is 14.0 Å². The minimum atomic E-state index is -0.637.